The Morgan fingerprint density at radius 1 is 1.20 bits per heavy atom. The Kier molecular flexibility index (Phi) is 8.10. The molecule has 2 aromatic carbocycles. The number of ether oxygens (including phenoxy) is 1. The molecule has 1 aromatic heterocycles. The van der Waals surface area contributed by atoms with Crippen molar-refractivity contribution in [2.24, 2.45) is 0 Å². The first-order chi connectivity index (χ1) is 14.5. The lowest BCUT2D eigenvalue weighted by Gasteiger charge is -2.09. The van der Waals surface area contributed by atoms with Crippen molar-refractivity contribution in [1.29, 1.82) is 0 Å². The molecule has 1 heterocycles. The molecule has 0 unspecified atom stereocenters. The minimum atomic E-state index is -0.0543. The van der Waals surface area contributed by atoms with E-state index in [4.69, 9.17) is 4.74 Å². The first-order valence-corrected chi connectivity index (χ1v) is 11.2. The number of hydrogen-bond donors (Lipinski definition) is 1. The van der Waals surface area contributed by atoms with Crippen LogP contribution in [0, 0.1) is 6.92 Å². The molecular formula is C22H23BrN4O2S. The molecule has 30 heavy (non-hydrogen) atoms. The van der Waals surface area contributed by atoms with Crippen molar-refractivity contribution in [3.05, 3.63) is 82.6 Å². The predicted octanol–water partition coefficient (Wildman–Crippen LogP) is 4.52. The lowest BCUT2D eigenvalue weighted by atomic mass is 10.1. The normalized spacial score (nSPS) is 10.6. The van der Waals surface area contributed by atoms with Gasteiger partial charge in [0, 0.05) is 17.6 Å². The SMILES string of the molecule is C=CCn1c(COc2ccc(Br)cc2)nnc1SCC(=O)NCc1ccc(C)cc1. The van der Waals surface area contributed by atoms with Crippen LogP contribution in [0.3, 0.4) is 0 Å². The van der Waals surface area contributed by atoms with Gasteiger partial charge < -0.3 is 10.1 Å². The van der Waals surface area contributed by atoms with Crippen molar-refractivity contribution >= 4 is 33.6 Å². The maximum atomic E-state index is 12.2. The van der Waals surface area contributed by atoms with E-state index in [1.54, 1.807) is 6.08 Å². The molecule has 1 N–H and O–H groups in total. The zero-order chi connectivity index (χ0) is 21.3. The molecule has 0 saturated carbocycles. The zero-order valence-electron chi connectivity index (χ0n) is 16.7. The molecule has 8 heteroatoms. The third-order valence-corrected chi connectivity index (χ3v) is 5.72. The Morgan fingerprint density at radius 2 is 1.93 bits per heavy atom. The second kappa shape index (κ2) is 11.0. The van der Waals surface area contributed by atoms with E-state index >= 15 is 0 Å². The van der Waals surface area contributed by atoms with Crippen molar-refractivity contribution in [3.8, 4) is 5.75 Å². The lowest BCUT2D eigenvalue weighted by molar-refractivity contribution is -0.118. The van der Waals surface area contributed by atoms with Crippen molar-refractivity contribution < 1.29 is 9.53 Å². The number of nitrogens with one attached hydrogen (secondary N) is 1. The van der Waals surface area contributed by atoms with Gasteiger partial charge in [0.2, 0.25) is 5.91 Å². The van der Waals surface area contributed by atoms with Gasteiger partial charge in [0.25, 0.3) is 0 Å². The number of rotatable bonds is 10. The number of aromatic nitrogens is 3. The van der Waals surface area contributed by atoms with Gasteiger partial charge in [0.05, 0.1) is 5.75 Å². The Morgan fingerprint density at radius 3 is 2.63 bits per heavy atom. The van der Waals surface area contributed by atoms with Gasteiger partial charge in [-0.15, -0.1) is 16.8 Å². The summed E-state index contributed by atoms with van der Waals surface area (Å²) in [5.74, 6) is 1.63. The number of hydrogen-bond acceptors (Lipinski definition) is 5. The second-order valence-electron chi connectivity index (χ2n) is 6.59. The van der Waals surface area contributed by atoms with Gasteiger partial charge in [0.15, 0.2) is 11.0 Å². The average molecular weight is 487 g/mol. The van der Waals surface area contributed by atoms with Crippen LogP contribution in [0.15, 0.2) is 70.8 Å². The Bertz CT molecular complexity index is 987. The van der Waals surface area contributed by atoms with E-state index in [0.717, 1.165) is 15.8 Å². The molecule has 3 rings (SSSR count). The Labute approximate surface area is 188 Å². The van der Waals surface area contributed by atoms with Gasteiger partial charge in [-0.2, -0.15) is 0 Å². The quantitative estimate of drug-likeness (QED) is 0.336. The molecule has 0 spiro atoms. The number of aryl methyl sites for hydroxylation is 1. The van der Waals surface area contributed by atoms with Crippen LogP contribution in [0.4, 0.5) is 0 Å². The van der Waals surface area contributed by atoms with Gasteiger partial charge >= 0.3 is 0 Å². The number of amides is 1. The van der Waals surface area contributed by atoms with Crippen LogP contribution in [-0.2, 0) is 24.5 Å². The molecule has 0 aliphatic rings. The summed E-state index contributed by atoms with van der Waals surface area (Å²) >= 11 is 4.75. The molecule has 0 fully saturated rings. The molecule has 0 atom stereocenters. The summed E-state index contributed by atoms with van der Waals surface area (Å²) in [6.07, 6.45) is 1.77. The first-order valence-electron chi connectivity index (χ1n) is 9.41. The summed E-state index contributed by atoms with van der Waals surface area (Å²) in [6.45, 7) is 7.16. The third-order valence-electron chi connectivity index (χ3n) is 4.23. The van der Waals surface area contributed by atoms with Gasteiger partial charge in [-0.25, -0.2) is 0 Å². The summed E-state index contributed by atoms with van der Waals surface area (Å²) in [5, 5.41) is 12.0. The molecule has 0 bridgehead atoms. The van der Waals surface area contributed by atoms with Crippen LogP contribution < -0.4 is 10.1 Å². The van der Waals surface area contributed by atoms with E-state index < -0.39 is 0 Å². The van der Waals surface area contributed by atoms with Gasteiger partial charge in [-0.1, -0.05) is 63.6 Å². The molecule has 1 amide bonds. The predicted molar refractivity (Wildman–Crippen MR) is 122 cm³/mol. The van der Waals surface area contributed by atoms with Crippen molar-refractivity contribution in [2.75, 3.05) is 5.75 Å². The highest BCUT2D eigenvalue weighted by Crippen LogP contribution is 2.20. The molecule has 6 nitrogen and oxygen atoms in total. The minimum absolute atomic E-state index is 0.0543. The van der Waals surface area contributed by atoms with E-state index in [9.17, 15) is 4.79 Å². The van der Waals surface area contributed by atoms with E-state index in [2.05, 4.69) is 38.0 Å². The minimum Gasteiger partial charge on any atom is -0.486 e. The summed E-state index contributed by atoms with van der Waals surface area (Å²) in [6, 6.07) is 15.7. The number of carbonyl (C=O) groups excluding carboxylic acids is 1. The van der Waals surface area contributed by atoms with Crippen LogP contribution in [0.1, 0.15) is 17.0 Å². The average Bonchev–Trinajstić information content (AvgIpc) is 3.13. The molecule has 0 aliphatic heterocycles. The highest BCUT2D eigenvalue weighted by Gasteiger charge is 2.14. The summed E-state index contributed by atoms with van der Waals surface area (Å²) < 4.78 is 8.70. The number of carbonyl (C=O) groups is 1. The van der Waals surface area contributed by atoms with E-state index in [1.165, 1.54) is 17.3 Å². The Balaban J connectivity index is 1.54. The number of thioether (sulfide) groups is 1. The van der Waals surface area contributed by atoms with Gasteiger partial charge in [-0.05, 0) is 36.8 Å². The zero-order valence-corrected chi connectivity index (χ0v) is 19.1. The van der Waals surface area contributed by atoms with Crippen molar-refractivity contribution in [1.82, 2.24) is 20.1 Å². The number of benzene rings is 2. The highest BCUT2D eigenvalue weighted by atomic mass is 79.9. The summed E-state index contributed by atoms with van der Waals surface area (Å²) in [7, 11) is 0. The largest absolute Gasteiger partial charge is 0.486 e. The first kappa shape index (κ1) is 22.1. The molecule has 0 radical (unpaired) electrons. The Hall–Kier alpha value is -2.58. The maximum absolute atomic E-state index is 12.2. The van der Waals surface area contributed by atoms with E-state index in [0.29, 0.717) is 24.1 Å². The highest BCUT2D eigenvalue weighted by molar-refractivity contribution is 9.10. The van der Waals surface area contributed by atoms with Crippen LogP contribution >= 0.6 is 27.7 Å². The topological polar surface area (TPSA) is 69.0 Å². The van der Waals surface area contributed by atoms with Crippen LogP contribution in [0.2, 0.25) is 0 Å². The maximum Gasteiger partial charge on any atom is 0.230 e. The fourth-order valence-electron chi connectivity index (χ4n) is 2.61. The molecule has 0 aliphatic carbocycles. The molecule has 156 valence electrons. The van der Waals surface area contributed by atoms with Gasteiger partial charge in [-0.3, -0.25) is 9.36 Å². The van der Waals surface area contributed by atoms with Crippen molar-refractivity contribution in [3.63, 3.8) is 0 Å². The smallest absolute Gasteiger partial charge is 0.230 e. The monoisotopic (exact) mass is 486 g/mol. The van der Waals surface area contributed by atoms with E-state index in [1.807, 2.05) is 60.0 Å². The standard InChI is InChI=1S/C22H23BrN4O2S/c1-3-12-27-20(14-29-19-10-8-18(23)9-11-19)25-26-22(27)30-15-21(28)24-13-17-6-4-16(2)5-7-17/h3-11H,1,12-15H2,2H3,(H,24,28). The lowest BCUT2D eigenvalue weighted by Crippen LogP contribution is -2.24. The van der Waals surface area contributed by atoms with Crippen LogP contribution in [0.25, 0.3) is 0 Å². The fraction of sp³-hybridized carbons (Fsp3) is 0.227. The van der Waals surface area contributed by atoms with Crippen LogP contribution in [0.5, 0.6) is 5.75 Å². The molecule has 3 aromatic rings. The number of allylic oxidation sites excluding steroid dienone is 1. The fourth-order valence-corrected chi connectivity index (χ4v) is 3.67. The van der Waals surface area contributed by atoms with Crippen molar-refractivity contribution in [2.45, 2.75) is 31.8 Å². The summed E-state index contributed by atoms with van der Waals surface area (Å²) in [4.78, 5) is 12.2. The summed E-state index contributed by atoms with van der Waals surface area (Å²) in [5.41, 5.74) is 2.27. The molecule has 0 saturated heterocycles. The van der Waals surface area contributed by atoms with Gasteiger partial charge in [0.1, 0.15) is 12.4 Å². The van der Waals surface area contributed by atoms with Crippen LogP contribution in [-0.4, -0.2) is 26.4 Å². The third kappa shape index (κ3) is 6.47. The molecular weight excluding hydrogens is 464 g/mol. The number of nitrogens with zero attached hydrogens (tertiary/aromatic N) is 3. The van der Waals surface area contributed by atoms with E-state index in [-0.39, 0.29) is 18.3 Å². The number of halogens is 1. The second-order valence-corrected chi connectivity index (χ2v) is 8.45.